The van der Waals surface area contributed by atoms with E-state index in [0.29, 0.717) is 11.1 Å². The Morgan fingerprint density at radius 3 is 2.80 bits per heavy atom. The molecular weight excluding hydrogens is 257 g/mol. The predicted octanol–water partition coefficient (Wildman–Crippen LogP) is 3.19. The Morgan fingerprint density at radius 1 is 1.50 bits per heavy atom. The lowest BCUT2D eigenvalue weighted by Crippen LogP contribution is -2.33. The number of likely N-dealkylation sites (N-methyl/N-ethyl adjacent to an activating group) is 1. The summed E-state index contributed by atoms with van der Waals surface area (Å²) in [5, 5.41) is 9.90. The summed E-state index contributed by atoms with van der Waals surface area (Å²) < 4.78 is 19.4. The van der Waals surface area contributed by atoms with Crippen LogP contribution in [-0.2, 0) is 4.74 Å². The number of aliphatic hydroxyl groups excluding tert-OH is 1. The van der Waals surface area contributed by atoms with Crippen molar-refractivity contribution in [2.24, 2.45) is 0 Å². The van der Waals surface area contributed by atoms with Crippen molar-refractivity contribution in [2.45, 2.75) is 45.8 Å². The summed E-state index contributed by atoms with van der Waals surface area (Å²) >= 11 is 0. The van der Waals surface area contributed by atoms with Crippen LogP contribution in [0.1, 0.15) is 43.9 Å². The summed E-state index contributed by atoms with van der Waals surface area (Å²) in [4.78, 5) is 2.17. The average molecular weight is 281 g/mol. The molecule has 4 heteroatoms. The highest BCUT2D eigenvalue weighted by Crippen LogP contribution is 2.30. The minimum absolute atomic E-state index is 0.238. The monoisotopic (exact) mass is 281 g/mol. The maximum Gasteiger partial charge on any atom is 0.126 e. The molecule has 1 saturated heterocycles. The van der Waals surface area contributed by atoms with Gasteiger partial charge in [0.05, 0.1) is 12.2 Å². The zero-order chi connectivity index (χ0) is 14.7. The Balaban J connectivity index is 2.29. The van der Waals surface area contributed by atoms with Crippen molar-refractivity contribution in [1.82, 2.24) is 0 Å². The molecule has 1 N–H and O–H groups in total. The number of hydrogen-bond donors (Lipinski definition) is 1. The van der Waals surface area contributed by atoms with E-state index in [4.69, 9.17) is 4.74 Å². The first-order valence-corrected chi connectivity index (χ1v) is 7.37. The van der Waals surface area contributed by atoms with Gasteiger partial charge < -0.3 is 14.7 Å². The molecule has 1 unspecified atom stereocenters. The fourth-order valence-corrected chi connectivity index (χ4v) is 2.72. The Kier molecular flexibility index (Phi) is 5.00. The van der Waals surface area contributed by atoms with Crippen molar-refractivity contribution in [3.05, 3.63) is 29.1 Å². The molecule has 0 bridgehead atoms. The second-order valence-corrected chi connectivity index (χ2v) is 5.51. The van der Waals surface area contributed by atoms with E-state index < -0.39 is 6.10 Å². The number of rotatable bonds is 5. The summed E-state index contributed by atoms with van der Waals surface area (Å²) in [5.41, 5.74) is 2.17. The van der Waals surface area contributed by atoms with Crippen LogP contribution in [-0.4, -0.2) is 30.9 Å². The highest BCUT2D eigenvalue weighted by Gasteiger charge is 2.22. The molecule has 3 nitrogen and oxygen atoms in total. The number of aliphatic hydroxyl groups is 1. The van der Waals surface area contributed by atoms with Gasteiger partial charge in [-0.05, 0) is 51.3 Å². The Morgan fingerprint density at radius 2 is 2.25 bits per heavy atom. The summed E-state index contributed by atoms with van der Waals surface area (Å²) in [6, 6.07) is 3.28. The molecule has 0 aliphatic carbocycles. The Labute approximate surface area is 120 Å². The first-order chi connectivity index (χ1) is 9.52. The molecule has 0 spiro atoms. The first kappa shape index (κ1) is 15.3. The number of hydrogen-bond acceptors (Lipinski definition) is 3. The van der Waals surface area contributed by atoms with Gasteiger partial charge in [-0.1, -0.05) is 0 Å². The average Bonchev–Trinajstić information content (AvgIpc) is 2.91. The topological polar surface area (TPSA) is 32.7 Å². The molecule has 0 aromatic heterocycles. The minimum atomic E-state index is -0.682. The van der Waals surface area contributed by atoms with E-state index in [1.807, 2.05) is 6.07 Å². The molecule has 2 rings (SSSR count). The van der Waals surface area contributed by atoms with Crippen LogP contribution < -0.4 is 4.90 Å². The van der Waals surface area contributed by atoms with Gasteiger partial charge in [0.15, 0.2) is 0 Å². The quantitative estimate of drug-likeness (QED) is 0.899. The van der Waals surface area contributed by atoms with Crippen LogP contribution in [0.3, 0.4) is 0 Å². The van der Waals surface area contributed by atoms with Gasteiger partial charge in [-0.15, -0.1) is 0 Å². The van der Waals surface area contributed by atoms with Crippen molar-refractivity contribution in [2.75, 3.05) is 24.6 Å². The van der Waals surface area contributed by atoms with E-state index in [9.17, 15) is 9.50 Å². The molecule has 0 saturated carbocycles. The standard InChI is InChI=1S/C16H24FNO2/c1-4-18(10-13-6-5-7-20-13)16-8-11(2)15(17)9-14(16)12(3)19/h8-9,12-13,19H,4-7,10H2,1-3H3/t12-,13?/m0/s1. The maximum absolute atomic E-state index is 13.7. The lowest BCUT2D eigenvalue weighted by atomic mass is 10.0. The fourth-order valence-electron chi connectivity index (χ4n) is 2.72. The highest BCUT2D eigenvalue weighted by molar-refractivity contribution is 5.57. The maximum atomic E-state index is 13.7. The third-order valence-corrected chi connectivity index (χ3v) is 3.93. The number of ether oxygens (including phenoxy) is 1. The van der Waals surface area contributed by atoms with Gasteiger partial charge in [0.25, 0.3) is 0 Å². The number of aryl methyl sites for hydroxylation is 1. The number of nitrogens with zero attached hydrogens (tertiary/aromatic N) is 1. The zero-order valence-corrected chi connectivity index (χ0v) is 12.5. The number of anilines is 1. The molecule has 0 amide bonds. The van der Waals surface area contributed by atoms with Crippen LogP contribution in [0.25, 0.3) is 0 Å². The zero-order valence-electron chi connectivity index (χ0n) is 12.5. The van der Waals surface area contributed by atoms with Crippen LogP contribution in [0.15, 0.2) is 12.1 Å². The lowest BCUT2D eigenvalue weighted by molar-refractivity contribution is 0.115. The smallest absolute Gasteiger partial charge is 0.126 e. The van der Waals surface area contributed by atoms with Gasteiger partial charge in [-0.3, -0.25) is 0 Å². The Hall–Kier alpha value is -1.13. The van der Waals surface area contributed by atoms with E-state index in [0.717, 1.165) is 38.2 Å². The van der Waals surface area contributed by atoms with E-state index in [2.05, 4.69) is 11.8 Å². The molecule has 2 atom stereocenters. The van der Waals surface area contributed by atoms with E-state index in [1.54, 1.807) is 13.8 Å². The molecule has 112 valence electrons. The van der Waals surface area contributed by atoms with Crippen LogP contribution in [0.2, 0.25) is 0 Å². The van der Waals surface area contributed by atoms with Crippen molar-refractivity contribution in [1.29, 1.82) is 0 Å². The molecule has 1 aliphatic heterocycles. The summed E-state index contributed by atoms with van der Waals surface area (Å²) in [6.45, 7) is 7.93. The van der Waals surface area contributed by atoms with E-state index >= 15 is 0 Å². The summed E-state index contributed by atoms with van der Waals surface area (Å²) in [7, 11) is 0. The molecule has 1 fully saturated rings. The number of halogens is 1. The largest absolute Gasteiger partial charge is 0.389 e. The van der Waals surface area contributed by atoms with Gasteiger partial charge in [0, 0.05) is 30.9 Å². The first-order valence-electron chi connectivity index (χ1n) is 7.37. The summed E-state index contributed by atoms with van der Waals surface area (Å²) in [5.74, 6) is -0.266. The third kappa shape index (κ3) is 3.30. The second-order valence-electron chi connectivity index (χ2n) is 5.51. The van der Waals surface area contributed by atoms with Gasteiger partial charge in [-0.25, -0.2) is 4.39 Å². The minimum Gasteiger partial charge on any atom is -0.389 e. The van der Waals surface area contributed by atoms with E-state index in [-0.39, 0.29) is 11.9 Å². The van der Waals surface area contributed by atoms with Crippen molar-refractivity contribution < 1.29 is 14.2 Å². The van der Waals surface area contributed by atoms with Gasteiger partial charge in [0.2, 0.25) is 0 Å². The molecule has 0 radical (unpaired) electrons. The molecule has 1 aromatic carbocycles. The van der Waals surface area contributed by atoms with Crippen LogP contribution in [0.4, 0.5) is 10.1 Å². The van der Waals surface area contributed by atoms with Gasteiger partial charge in [-0.2, -0.15) is 0 Å². The molecule has 1 aromatic rings. The molecule has 1 aliphatic rings. The highest BCUT2D eigenvalue weighted by atomic mass is 19.1. The number of benzene rings is 1. The SMILES string of the molecule is CCN(CC1CCCO1)c1cc(C)c(F)cc1[C@H](C)O. The predicted molar refractivity (Wildman–Crippen MR) is 78.6 cm³/mol. The van der Waals surface area contributed by atoms with Gasteiger partial charge in [0.1, 0.15) is 5.82 Å². The van der Waals surface area contributed by atoms with Crippen LogP contribution in [0, 0.1) is 12.7 Å². The Bertz CT molecular complexity index is 456. The fraction of sp³-hybridized carbons (Fsp3) is 0.625. The normalized spacial score (nSPS) is 20.1. The van der Waals surface area contributed by atoms with E-state index in [1.165, 1.54) is 6.07 Å². The van der Waals surface area contributed by atoms with Gasteiger partial charge >= 0.3 is 0 Å². The molecule has 1 heterocycles. The molecule has 20 heavy (non-hydrogen) atoms. The molecular formula is C16H24FNO2. The third-order valence-electron chi connectivity index (χ3n) is 3.93. The second kappa shape index (κ2) is 6.55. The van der Waals surface area contributed by atoms with Crippen molar-refractivity contribution >= 4 is 5.69 Å². The van der Waals surface area contributed by atoms with Crippen molar-refractivity contribution in [3.8, 4) is 0 Å². The van der Waals surface area contributed by atoms with Crippen molar-refractivity contribution in [3.63, 3.8) is 0 Å². The lowest BCUT2D eigenvalue weighted by Gasteiger charge is -2.29. The van der Waals surface area contributed by atoms with Crippen LogP contribution in [0.5, 0.6) is 0 Å². The summed E-state index contributed by atoms with van der Waals surface area (Å²) in [6.07, 6.45) is 1.73. The van der Waals surface area contributed by atoms with Crippen LogP contribution >= 0.6 is 0 Å².